The Bertz CT molecular complexity index is 830. The number of amides is 1. The molecule has 1 atom stereocenters. The summed E-state index contributed by atoms with van der Waals surface area (Å²) in [5.41, 5.74) is 0.346. The molecule has 2 heterocycles. The average molecular weight is 377 g/mol. The average Bonchev–Trinajstić information content (AvgIpc) is 3.33. The van der Waals surface area contributed by atoms with Crippen LogP contribution in [-0.2, 0) is 16.6 Å². The third-order valence-corrected chi connectivity index (χ3v) is 5.71. The van der Waals surface area contributed by atoms with E-state index in [0.717, 1.165) is 19.5 Å². The molecule has 1 amide bonds. The van der Waals surface area contributed by atoms with E-state index in [2.05, 4.69) is 20.3 Å². The van der Waals surface area contributed by atoms with Gasteiger partial charge in [0.2, 0.25) is 10.0 Å². The molecule has 0 spiro atoms. The second-order valence-electron chi connectivity index (χ2n) is 6.24. The topological polar surface area (TPSA) is 105 Å². The summed E-state index contributed by atoms with van der Waals surface area (Å²) in [6, 6.07) is 6.20. The van der Waals surface area contributed by atoms with Crippen LogP contribution in [0.3, 0.4) is 0 Å². The summed E-state index contributed by atoms with van der Waals surface area (Å²) in [5, 5.41) is 6.09. The minimum atomic E-state index is -3.65. The molecule has 1 aromatic heterocycles. The summed E-state index contributed by atoms with van der Waals surface area (Å²) in [6.07, 6.45) is 6.72. The Labute approximate surface area is 153 Å². The second-order valence-corrected chi connectivity index (χ2v) is 8.01. The van der Waals surface area contributed by atoms with Gasteiger partial charge < -0.3 is 15.2 Å². The molecule has 0 radical (unpaired) electrons. The predicted octanol–water partition coefficient (Wildman–Crippen LogP) is 0.343. The third kappa shape index (κ3) is 4.90. The number of carbonyl (C=O) groups excluding carboxylic acids is 1. The van der Waals surface area contributed by atoms with E-state index in [1.165, 1.54) is 12.1 Å². The molecule has 8 nitrogen and oxygen atoms in total. The van der Waals surface area contributed by atoms with E-state index in [1.54, 1.807) is 24.7 Å². The molecule has 3 rings (SSSR count). The first-order valence-electron chi connectivity index (χ1n) is 8.62. The van der Waals surface area contributed by atoms with Gasteiger partial charge in [-0.15, -0.1) is 0 Å². The zero-order chi connectivity index (χ0) is 18.4. The Morgan fingerprint density at radius 3 is 3.00 bits per heavy atom. The summed E-state index contributed by atoms with van der Waals surface area (Å²) in [4.78, 5) is 16.3. The van der Waals surface area contributed by atoms with Crippen LogP contribution in [0.15, 0.2) is 47.9 Å². The number of imidazole rings is 1. The Morgan fingerprint density at radius 2 is 2.27 bits per heavy atom. The van der Waals surface area contributed by atoms with Crippen molar-refractivity contribution in [3.63, 3.8) is 0 Å². The van der Waals surface area contributed by atoms with E-state index in [9.17, 15) is 13.2 Å². The van der Waals surface area contributed by atoms with Crippen molar-refractivity contribution in [2.24, 2.45) is 0 Å². The van der Waals surface area contributed by atoms with Crippen LogP contribution >= 0.6 is 0 Å². The first kappa shape index (κ1) is 18.6. The molecular weight excluding hydrogens is 354 g/mol. The molecule has 0 aliphatic carbocycles. The quantitative estimate of drug-likeness (QED) is 0.576. The van der Waals surface area contributed by atoms with Crippen molar-refractivity contribution >= 4 is 15.9 Å². The Kier molecular flexibility index (Phi) is 6.02. The molecule has 1 aliphatic rings. The summed E-state index contributed by atoms with van der Waals surface area (Å²) in [5.74, 6) is -0.254. The predicted molar refractivity (Wildman–Crippen MR) is 97.2 cm³/mol. The first-order chi connectivity index (χ1) is 12.5. The van der Waals surface area contributed by atoms with Crippen LogP contribution in [0.25, 0.3) is 0 Å². The van der Waals surface area contributed by atoms with Gasteiger partial charge in [-0.3, -0.25) is 4.79 Å². The standard InChI is InChI=1S/C17H23N5O3S/c23-17(21-15-5-7-18-12-15)14-3-1-4-16(11-14)26(24,25)20-6-2-9-22-10-8-19-13-22/h1,3-4,8,10-11,13,15,18,20H,2,5-7,9,12H2,(H,21,23). The Morgan fingerprint density at radius 1 is 1.38 bits per heavy atom. The van der Waals surface area contributed by atoms with Gasteiger partial charge in [0.15, 0.2) is 0 Å². The van der Waals surface area contributed by atoms with Crippen LogP contribution in [0, 0.1) is 0 Å². The van der Waals surface area contributed by atoms with Gasteiger partial charge in [0, 0.05) is 43.6 Å². The maximum atomic E-state index is 12.4. The molecule has 1 fully saturated rings. The molecule has 140 valence electrons. The number of nitrogens with one attached hydrogen (secondary N) is 3. The lowest BCUT2D eigenvalue weighted by molar-refractivity contribution is 0.0940. The monoisotopic (exact) mass is 377 g/mol. The lowest BCUT2D eigenvalue weighted by atomic mass is 10.2. The van der Waals surface area contributed by atoms with E-state index >= 15 is 0 Å². The fourth-order valence-electron chi connectivity index (χ4n) is 2.82. The van der Waals surface area contributed by atoms with Crippen LogP contribution in [0.4, 0.5) is 0 Å². The maximum absolute atomic E-state index is 12.4. The summed E-state index contributed by atoms with van der Waals surface area (Å²) >= 11 is 0. The number of sulfonamides is 1. The van der Waals surface area contributed by atoms with E-state index in [1.807, 2.05) is 10.8 Å². The number of carbonyl (C=O) groups is 1. The zero-order valence-corrected chi connectivity index (χ0v) is 15.2. The highest BCUT2D eigenvalue weighted by molar-refractivity contribution is 7.89. The van der Waals surface area contributed by atoms with Crippen molar-refractivity contribution in [3.05, 3.63) is 48.5 Å². The summed E-state index contributed by atoms with van der Waals surface area (Å²) in [6.45, 7) is 2.61. The van der Waals surface area contributed by atoms with Gasteiger partial charge in [0.05, 0.1) is 11.2 Å². The van der Waals surface area contributed by atoms with Gasteiger partial charge in [-0.25, -0.2) is 18.1 Å². The van der Waals surface area contributed by atoms with E-state index in [0.29, 0.717) is 25.1 Å². The highest BCUT2D eigenvalue weighted by Gasteiger charge is 2.19. The van der Waals surface area contributed by atoms with Gasteiger partial charge in [0.1, 0.15) is 0 Å². The molecule has 2 aromatic rings. The molecule has 1 aliphatic heterocycles. The van der Waals surface area contributed by atoms with Crippen LogP contribution in [-0.4, -0.2) is 49.6 Å². The number of aryl methyl sites for hydroxylation is 1. The number of benzene rings is 1. The molecule has 1 aromatic carbocycles. The van der Waals surface area contributed by atoms with Crippen molar-refractivity contribution < 1.29 is 13.2 Å². The van der Waals surface area contributed by atoms with Crippen LogP contribution < -0.4 is 15.4 Å². The van der Waals surface area contributed by atoms with Gasteiger partial charge in [-0.05, 0) is 37.6 Å². The SMILES string of the molecule is O=C(NC1CCNC1)c1cccc(S(=O)(=O)NCCCn2ccnc2)c1. The van der Waals surface area contributed by atoms with Crippen molar-refractivity contribution in [3.8, 4) is 0 Å². The zero-order valence-electron chi connectivity index (χ0n) is 14.4. The van der Waals surface area contributed by atoms with Crippen LogP contribution in [0.2, 0.25) is 0 Å². The number of aromatic nitrogens is 2. The van der Waals surface area contributed by atoms with Gasteiger partial charge in [-0.2, -0.15) is 0 Å². The first-order valence-corrected chi connectivity index (χ1v) is 10.1. The molecule has 1 saturated heterocycles. The Balaban J connectivity index is 1.57. The minimum Gasteiger partial charge on any atom is -0.348 e. The number of rotatable bonds is 8. The molecule has 0 saturated carbocycles. The fraction of sp³-hybridized carbons (Fsp3) is 0.412. The molecule has 26 heavy (non-hydrogen) atoms. The molecule has 9 heteroatoms. The fourth-order valence-corrected chi connectivity index (χ4v) is 3.94. The largest absolute Gasteiger partial charge is 0.348 e. The molecule has 3 N–H and O–H groups in total. The second kappa shape index (κ2) is 8.43. The maximum Gasteiger partial charge on any atom is 0.251 e. The third-order valence-electron chi connectivity index (χ3n) is 4.25. The van der Waals surface area contributed by atoms with Gasteiger partial charge in [0.25, 0.3) is 5.91 Å². The normalized spacial score (nSPS) is 17.3. The van der Waals surface area contributed by atoms with Crippen molar-refractivity contribution in [2.75, 3.05) is 19.6 Å². The summed E-state index contributed by atoms with van der Waals surface area (Å²) in [7, 11) is -3.65. The number of hydrogen-bond acceptors (Lipinski definition) is 5. The Hall–Kier alpha value is -2.23. The van der Waals surface area contributed by atoms with E-state index in [-0.39, 0.29) is 16.8 Å². The molecule has 0 bridgehead atoms. The number of nitrogens with zero attached hydrogens (tertiary/aromatic N) is 2. The van der Waals surface area contributed by atoms with Crippen molar-refractivity contribution in [1.82, 2.24) is 24.9 Å². The molecular formula is C17H23N5O3S. The van der Waals surface area contributed by atoms with Crippen LogP contribution in [0.5, 0.6) is 0 Å². The minimum absolute atomic E-state index is 0.0871. The number of hydrogen-bond donors (Lipinski definition) is 3. The van der Waals surface area contributed by atoms with Crippen LogP contribution in [0.1, 0.15) is 23.2 Å². The smallest absolute Gasteiger partial charge is 0.251 e. The van der Waals surface area contributed by atoms with Crippen molar-refractivity contribution in [2.45, 2.75) is 30.3 Å². The summed E-state index contributed by atoms with van der Waals surface area (Å²) < 4.78 is 29.3. The van der Waals surface area contributed by atoms with E-state index in [4.69, 9.17) is 0 Å². The highest BCUT2D eigenvalue weighted by Crippen LogP contribution is 2.12. The van der Waals surface area contributed by atoms with E-state index < -0.39 is 10.0 Å². The van der Waals surface area contributed by atoms with Gasteiger partial charge in [-0.1, -0.05) is 6.07 Å². The lowest BCUT2D eigenvalue weighted by Crippen LogP contribution is -2.36. The lowest BCUT2D eigenvalue weighted by Gasteiger charge is -2.12. The highest BCUT2D eigenvalue weighted by atomic mass is 32.2. The molecule has 1 unspecified atom stereocenters. The van der Waals surface area contributed by atoms with Crippen molar-refractivity contribution in [1.29, 1.82) is 0 Å². The van der Waals surface area contributed by atoms with Gasteiger partial charge >= 0.3 is 0 Å².